The summed E-state index contributed by atoms with van der Waals surface area (Å²) in [6.07, 6.45) is 0. The predicted octanol–water partition coefficient (Wildman–Crippen LogP) is 5.34. The van der Waals surface area contributed by atoms with Gasteiger partial charge < -0.3 is 4.42 Å². The number of halogens is 2. The van der Waals surface area contributed by atoms with Crippen molar-refractivity contribution in [2.24, 2.45) is 0 Å². The molecule has 0 radical (unpaired) electrons. The fourth-order valence-corrected chi connectivity index (χ4v) is 3.22. The highest BCUT2D eigenvalue weighted by Crippen LogP contribution is 2.31. The van der Waals surface area contributed by atoms with Crippen molar-refractivity contribution in [2.75, 3.05) is 0 Å². The van der Waals surface area contributed by atoms with Gasteiger partial charge in [-0.25, -0.2) is 0 Å². The molecule has 19 heavy (non-hydrogen) atoms. The van der Waals surface area contributed by atoms with E-state index in [2.05, 4.69) is 0 Å². The topological polar surface area (TPSA) is 30.2 Å². The summed E-state index contributed by atoms with van der Waals surface area (Å²) in [5.41, 5.74) is 1.53. The standard InChI is InChI=1S/C14H8Cl2O2S/c1-7-6-19-14(12(7)16)13(17)11-5-8-4-9(15)2-3-10(8)18-11/h2-6H,1H3. The fraction of sp³-hybridized carbons (Fsp3) is 0.0714. The van der Waals surface area contributed by atoms with Crippen LogP contribution < -0.4 is 0 Å². The molecule has 0 N–H and O–H groups in total. The molecule has 0 aliphatic rings. The summed E-state index contributed by atoms with van der Waals surface area (Å²) in [6, 6.07) is 6.92. The van der Waals surface area contributed by atoms with Crippen LogP contribution in [0.1, 0.15) is 21.0 Å². The van der Waals surface area contributed by atoms with E-state index < -0.39 is 0 Å². The van der Waals surface area contributed by atoms with Crippen molar-refractivity contribution in [3.8, 4) is 0 Å². The lowest BCUT2D eigenvalue weighted by Gasteiger charge is -1.94. The second-order valence-corrected chi connectivity index (χ2v) is 5.88. The number of carbonyl (C=O) groups excluding carboxylic acids is 1. The molecule has 2 nitrogen and oxygen atoms in total. The Hall–Kier alpha value is -1.29. The van der Waals surface area contributed by atoms with E-state index in [4.69, 9.17) is 27.6 Å². The number of benzene rings is 1. The molecule has 96 valence electrons. The average molecular weight is 311 g/mol. The lowest BCUT2D eigenvalue weighted by Crippen LogP contribution is -1.96. The zero-order chi connectivity index (χ0) is 13.6. The summed E-state index contributed by atoms with van der Waals surface area (Å²) in [6.45, 7) is 1.87. The second kappa shape index (κ2) is 4.67. The number of aryl methyl sites for hydroxylation is 1. The van der Waals surface area contributed by atoms with Crippen molar-refractivity contribution < 1.29 is 9.21 Å². The maximum absolute atomic E-state index is 12.3. The van der Waals surface area contributed by atoms with E-state index in [0.29, 0.717) is 20.5 Å². The van der Waals surface area contributed by atoms with Crippen LogP contribution in [0.2, 0.25) is 10.0 Å². The van der Waals surface area contributed by atoms with Crippen molar-refractivity contribution in [2.45, 2.75) is 6.92 Å². The van der Waals surface area contributed by atoms with E-state index in [1.165, 1.54) is 11.3 Å². The van der Waals surface area contributed by atoms with Gasteiger partial charge in [-0.1, -0.05) is 23.2 Å². The Morgan fingerprint density at radius 1 is 1.26 bits per heavy atom. The Morgan fingerprint density at radius 2 is 2.05 bits per heavy atom. The summed E-state index contributed by atoms with van der Waals surface area (Å²) >= 11 is 13.3. The smallest absolute Gasteiger partial charge is 0.239 e. The third-order valence-corrected chi connectivity index (χ3v) is 4.74. The van der Waals surface area contributed by atoms with Crippen LogP contribution in [0.4, 0.5) is 0 Å². The highest BCUT2D eigenvalue weighted by atomic mass is 35.5. The van der Waals surface area contributed by atoms with E-state index >= 15 is 0 Å². The Labute approximate surface area is 123 Å². The van der Waals surface area contributed by atoms with Crippen molar-refractivity contribution >= 4 is 51.3 Å². The molecule has 0 amide bonds. The van der Waals surface area contributed by atoms with Crippen LogP contribution in [-0.4, -0.2) is 5.78 Å². The highest BCUT2D eigenvalue weighted by Gasteiger charge is 2.20. The molecule has 0 fully saturated rings. The van der Waals surface area contributed by atoms with Crippen LogP contribution >= 0.6 is 34.5 Å². The van der Waals surface area contributed by atoms with Gasteiger partial charge in [-0.15, -0.1) is 11.3 Å². The van der Waals surface area contributed by atoms with Gasteiger partial charge in [0, 0.05) is 10.4 Å². The van der Waals surface area contributed by atoms with Gasteiger partial charge in [-0.2, -0.15) is 0 Å². The van der Waals surface area contributed by atoms with Crippen molar-refractivity contribution in [3.63, 3.8) is 0 Å². The van der Waals surface area contributed by atoms with Gasteiger partial charge >= 0.3 is 0 Å². The molecule has 3 aromatic rings. The zero-order valence-electron chi connectivity index (χ0n) is 9.87. The molecule has 0 atom stereocenters. The Bertz CT molecular complexity index is 786. The lowest BCUT2D eigenvalue weighted by atomic mass is 10.2. The average Bonchev–Trinajstić information content (AvgIpc) is 2.93. The van der Waals surface area contributed by atoms with E-state index in [1.807, 2.05) is 12.3 Å². The molecular formula is C14H8Cl2O2S. The number of carbonyl (C=O) groups is 1. The zero-order valence-corrected chi connectivity index (χ0v) is 12.2. The van der Waals surface area contributed by atoms with Gasteiger partial charge in [0.05, 0.1) is 9.90 Å². The summed E-state index contributed by atoms with van der Waals surface area (Å²) in [5, 5.41) is 3.76. The van der Waals surface area contributed by atoms with Crippen LogP contribution in [0.15, 0.2) is 34.1 Å². The molecular weight excluding hydrogens is 303 g/mol. The Balaban J connectivity index is 2.09. The number of ketones is 1. The van der Waals surface area contributed by atoms with Crippen molar-refractivity contribution in [1.82, 2.24) is 0 Å². The Kier molecular flexibility index (Phi) is 3.13. The molecule has 0 aliphatic carbocycles. The third-order valence-electron chi connectivity index (χ3n) is 2.81. The summed E-state index contributed by atoms with van der Waals surface area (Å²) in [7, 11) is 0. The molecule has 0 saturated heterocycles. The van der Waals surface area contributed by atoms with Gasteiger partial charge in [0.25, 0.3) is 0 Å². The quantitative estimate of drug-likeness (QED) is 0.598. The van der Waals surface area contributed by atoms with Gasteiger partial charge in [0.1, 0.15) is 5.58 Å². The van der Waals surface area contributed by atoms with E-state index in [1.54, 1.807) is 24.3 Å². The molecule has 2 heterocycles. The molecule has 0 saturated carbocycles. The monoisotopic (exact) mass is 310 g/mol. The first kappa shape index (κ1) is 12.7. The third kappa shape index (κ3) is 2.18. The number of hydrogen-bond donors (Lipinski definition) is 0. The highest BCUT2D eigenvalue weighted by molar-refractivity contribution is 7.13. The molecule has 0 aliphatic heterocycles. The largest absolute Gasteiger partial charge is 0.453 e. The summed E-state index contributed by atoms with van der Waals surface area (Å²) < 4.78 is 5.54. The first-order chi connectivity index (χ1) is 9.06. The minimum atomic E-state index is -0.199. The molecule has 5 heteroatoms. The number of fused-ring (bicyclic) bond motifs is 1. The summed E-state index contributed by atoms with van der Waals surface area (Å²) in [5.74, 6) is 0.0800. The van der Waals surface area contributed by atoms with Crippen molar-refractivity contribution in [3.05, 3.63) is 55.9 Å². The minimum absolute atomic E-state index is 0.199. The minimum Gasteiger partial charge on any atom is -0.453 e. The molecule has 0 bridgehead atoms. The normalized spacial score (nSPS) is 11.1. The fourth-order valence-electron chi connectivity index (χ4n) is 1.82. The number of rotatable bonds is 2. The predicted molar refractivity (Wildman–Crippen MR) is 78.7 cm³/mol. The lowest BCUT2D eigenvalue weighted by molar-refractivity contribution is 0.101. The second-order valence-electron chi connectivity index (χ2n) is 4.18. The van der Waals surface area contributed by atoms with Gasteiger partial charge in [-0.3, -0.25) is 4.79 Å². The first-order valence-electron chi connectivity index (χ1n) is 5.53. The first-order valence-corrected chi connectivity index (χ1v) is 7.17. The van der Waals surface area contributed by atoms with Gasteiger partial charge in [0.15, 0.2) is 5.76 Å². The van der Waals surface area contributed by atoms with E-state index in [9.17, 15) is 4.79 Å². The van der Waals surface area contributed by atoms with Crippen LogP contribution in [0.5, 0.6) is 0 Å². The van der Waals surface area contributed by atoms with Crippen LogP contribution in [0.3, 0.4) is 0 Å². The van der Waals surface area contributed by atoms with E-state index in [-0.39, 0.29) is 11.5 Å². The summed E-state index contributed by atoms with van der Waals surface area (Å²) in [4.78, 5) is 12.8. The number of hydrogen-bond acceptors (Lipinski definition) is 3. The van der Waals surface area contributed by atoms with Gasteiger partial charge in [0.2, 0.25) is 5.78 Å². The SMILES string of the molecule is Cc1csc(C(=O)c2cc3cc(Cl)ccc3o2)c1Cl. The van der Waals surface area contributed by atoms with Crippen molar-refractivity contribution in [1.29, 1.82) is 0 Å². The molecule has 2 aromatic heterocycles. The van der Waals surface area contributed by atoms with Gasteiger partial charge in [-0.05, 0) is 42.1 Å². The maximum atomic E-state index is 12.3. The molecule has 3 rings (SSSR count). The number of furan rings is 1. The van der Waals surface area contributed by atoms with E-state index in [0.717, 1.165) is 10.9 Å². The van der Waals surface area contributed by atoms with Crippen LogP contribution in [0, 0.1) is 6.92 Å². The molecule has 0 spiro atoms. The molecule has 1 aromatic carbocycles. The Morgan fingerprint density at radius 3 is 2.74 bits per heavy atom. The maximum Gasteiger partial charge on any atom is 0.239 e. The van der Waals surface area contributed by atoms with Crippen LogP contribution in [0.25, 0.3) is 11.0 Å². The molecule has 0 unspecified atom stereocenters. The van der Waals surface area contributed by atoms with Crippen LogP contribution in [-0.2, 0) is 0 Å². The number of thiophene rings is 1.